The first-order valence-corrected chi connectivity index (χ1v) is 6.19. The molecule has 0 aromatic carbocycles. The summed E-state index contributed by atoms with van der Waals surface area (Å²) in [5.41, 5.74) is 0.615. The molecular weight excluding hydrogens is 218 g/mol. The van der Waals surface area contributed by atoms with E-state index in [4.69, 9.17) is 0 Å². The molecule has 0 amide bonds. The Hall–Kier alpha value is -0.870. The fraction of sp³-hybridized carbons (Fsp3) is 0.769. The second kappa shape index (κ2) is 6.77. The third kappa shape index (κ3) is 4.13. The van der Waals surface area contributed by atoms with Gasteiger partial charge in [0.1, 0.15) is 0 Å². The molecule has 98 valence electrons. The topological polar surface area (TPSA) is 49.8 Å². The molecule has 4 heteroatoms. The summed E-state index contributed by atoms with van der Waals surface area (Å²) >= 11 is 0. The van der Waals surface area contributed by atoms with Crippen molar-refractivity contribution in [2.45, 2.75) is 44.8 Å². The predicted octanol–water partition coefficient (Wildman–Crippen LogP) is 1.34. The van der Waals surface area contributed by atoms with E-state index in [0.717, 1.165) is 19.3 Å². The first-order chi connectivity index (χ1) is 8.06. The van der Waals surface area contributed by atoms with Crippen LogP contribution in [0.2, 0.25) is 0 Å². The van der Waals surface area contributed by atoms with Crippen molar-refractivity contribution in [2.75, 3.05) is 20.7 Å². The fourth-order valence-corrected chi connectivity index (χ4v) is 2.27. The van der Waals surface area contributed by atoms with Crippen LogP contribution in [0.25, 0.3) is 0 Å². The van der Waals surface area contributed by atoms with Gasteiger partial charge in [-0.05, 0) is 26.8 Å². The number of nitrogens with zero attached hydrogens (tertiary/aromatic N) is 1. The van der Waals surface area contributed by atoms with Gasteiger partial charge in [-0.15, -0.1) is 0 Å². The van der Waals surface area contributed by atoms with Gasteiger partial charge in [0.2, 0.25) is 0 Å². The smallest absolute Gasteiger partial charge is 0.333 e. The van der Waals surface area contributed by atoms with E-state index in [-0.39, 0.29) is 18.1 Å². The van der Waals surface area contributed by atoms with Gasteiger partial charge in [-0.2, -0.15) is 0 Å². The Balaban J connectivity index is 2.48. The zero-order chi connectivity index (χ0) is 12.8. The number of rotatable bonds is 4. The molecule has 0 heterocycles. The number of hydrogen-bond donors (Lipinski definition) is 1. The molecule has 0 radical (unpaired) electrons. The van der Waals surface area contributed by atoms with E-state index < -0.39 is 0 Å². The standard InChI is InChI=1S/C13H23NO3/c1-10(13(16)17-3)8-9-14(2)11-6-4-5-7-12(11)15/h8,11-12,15H,4-7,9H2,1-3H3. The molecule has 4 nitrogen and oxygen atoms in total. The summed E-state index contributed by atoms with van der Waals surface area (Å²) in [7, 11) is 3.37. The number of carbonyl (C=O) groups is 1. The molecule has 1 aliphatic carbocycles. The summed E-state index contributed by atoms with van der Waals surface area (Å²) in [5, 5.41) is 9.91. The molecule has 2 atom stereocenters. The highest BCUT2D eigenvalue weighted by Gasteiger charge is 2.25. The summed E-state index contributed by atoms with van der Waals surface area (Å²) in [4.78, 5) is 13.3. The Labute approximate surface area is 103 Å². The fourth-order valence-electron chi connectivity index (χ4n) is 2.27. The monoisotopic (exact) mass is 241 g/mol. The molecular formula is C13H23NO3. The number of esters is 1. The van der Waals surface area contributed by atoms with Crippen LogP contribution in [0.1, 0.15) is 32.6 Å². The van der Waals surface area contributed by atoms with Crippen LogP contribution in [0, 0.1) is 0 Å². The van der Waals surface area contributed by atoms with E-state index >= 15 is 0 Å². The second-order valence-electron chi connectivity index (χ2n) is 4.74. The number of hydrogen-bond acceptors (Lipinski definition) is 4. The Morgan fingerprint density at radius 1 is 1.47 bits per heavy atom. The van der Waals surface area contributed by atoms with Crippen LogP contribution in [-0.4, -0.2) is 48.8 Å². The quantitative estimate of drug-likeness (QED) is 0.596. The highest BCUT2D eigenvalue weighted by atomic mass is 16.5. The van der Waals surface area contributed by atoms with Crippen LogP contribution in [0.3, 0.4) is 0 Å². The lowest BCUT2D eigenvalue weighted by Crippen LogP contribution is -2.43. The number of methoxy groups -OCH3 is 1. The molecule has 1 fully saturated rings. The Bertz CT molecular complexity index is 288. The maximum atomic E-state index is 11.2. The lowest BCUT2D eigenvalue weighted by Gasteiger charge is -2.34. The Morgan fingerprint density at radius 3 is 2.71 bits per heavy atom. The minimum Gasteiger partial charge on any atom is -0.466 e. The average Bonchev–Trinajstić information content (AvgIpc) is 2.35. The van der Waals surface area contributed by atoms with E-state index in [1.54, 1.807) is 6.92 Å². The predicted molar refractivity (Wildman–Crippen MR) is 66.7 cm³/mol. The van der Waals surface area contributed by atoms with Crippen molar-refractivity contribution in [3.05, 3.63) is 11.6 Å². The largest absolute Gasteiger partial charge is 0.466 e. The number of aliphatic hydroxyl groups excluding tert-OH is 1. The number of carbonyl (C=O) groups excluding carboxylic acids is 1. The summed E-state index contributed by atoms with van der Waals surface area (Å²) < 4.78 is 4.64. The van der Waals surface area contributed by atoms with Crippen LogP contribution < -0.4 is 0 Å². The second-order valence-corrected chi connectivity index (χ2v) is 4.74. The van der Waals surface area contributed by atoms with Gasteiger partial charge in [-0.1, -0.05) is 18.9 Å². The molecule has 1 aliphatic rings. The zero-order valence-electron chi connectivity index (χ0n) is 11.0. The maximum absolute atomic E-state index is 11.2. The van der Waals surface area contributed by atoms with Gasteiger partial charge in [0.15, 0.2) is 0 Å². The summed E-state index contributed by atoms with van der Waals surface area (Å²) in [6.07, 6.45) is 5.82. The SMILES string of the molecule is COC(=O)C(C)=CCN(C)C1CCCCC1O. The molecule has 0 aromatic heterocycles. The molecule has 0 spiro atoms. The third-order valence-corrected chi connectivity index (χ3v) is 3.45. The van der Waals surface area contributed by atoms with E-state index in [1.807, 2.05) is 13.1 Å². The number of aliphatic hydroxyl groups is 1. The van der Waals surface area contributed by atoms with Gasteiger partial charge >= 0.3 is 5.97 Å². The van der Waals surface area contributed by atoms with Crippen molar-refractivity contribution >= 4 is 5.97 Å². The van der Waals surface area contributed by atoms with Crippen molar-refractivity contribution < 1.29 is 14.6 Å². The highest BCUT2D eigenvalue weighted by Crippen LogP contribution is 2.22. The number of ether oxygens (including phenoxy) is 1. The molecule has 1 saturated carbocycles. The van der Waals surface area contributed by atoms with Crippen LogP contribution in [0.5, 0.6) is 0 Å². The Morgan fingerprint density at radius 2 is 2.12 bits per heavy atom. The first kappa shape index (κ1) is 14.2. The van der Waals surface area contributed by atoms with E-state index in [0.29, 0.717) is 12.1 Å². The summed E-state index contributed by atoms with van der Waals surface area (Å²) in [5.74, 6) is -0.289. The van der Waals surface area contributed by atoms with Crippen LogP contribution in [0.4, 0.5) is 0 Å². The number of likely N-dealkylation sites (N-methyl/N-ethyl adjacent to an activating group) is 1. The van der Waals surface area contributed by atoms with E-state index in [9.17, 15) is 9.90 Å². The summed E-state index contributed by atoms with van der Waals surface area (Å²) in [6.45, 7) is 2.42. The molecule has 1 N–H and O–H groups in total. The summed E-state index contributed by atoms with van der Waals surface area (Å²) in [6, 6.07) is 0.213. The Kier molecular flexibility index (Phi) is 5.65. The maximum Gasteiger partial charge on any atom is 0.333 e. The third-order valence-electron chi connectivity index (χ3n) is 3.45. The van der Waals surface area contributed by atoms with Crippen molar-refractivity contribution in [1.29, 1.82) is 0 Å². The van der Waals surface area contributed by atoms with Gasteiger partial charge in [0.25, 0.3) is 0 Å². The molecule has 17 heavy (non-hydrogen) atoms. The van der Waals surface area contributed by atoms with Crippen molar-refractivity contribution in [2.24, 2.45) is 0 Å². The van der Waals surface area contributed by atoms with Gasteiger partial charge in [0, 0.05) is 18.2 Å². The zero-order valence-corrected chi connectivity index (χ0v) is 11.0. The molecule has 0 saturated heterocycles. The van der Waals surface area contributed by atoms with Gasteiger partial charge in [0.05, 0.1) is 13.2 Å². The van der Waals surface area contributed by atoms with Gasteiger partial charge < -0.3 is 9.84 Å². The minimum absolute atomic E-state index is 0.213. The lowest BCUT2D eigenvalue weighted by atomic mass is 9.91. The van der Waals surface area contributed by atoms with Crippen molar-refractivity contribution in [1.82, 2.24) is 4.90 Å². The lowest BCUT2D eigenvalue weighted by molar-refractivity contribution is -0.136. The molecule has 0 bridgehead atoms. The first-order valence-electron chi connectivity index (χ1n) is 6.19. The van der Waals surface area contributed by atoms with Crippen LogP contribution in [0.15, 0.2) is 11.6 Å². The van der Waals surface area contributed by atoms with E-state index in [2.05, 4.69) is 9.64 Å². The van der Waals surface area contributed by atoms with Crippen molar-refractivity contribution in [3.8, 4) is 0 Å². The molecule has 2 unspecified atom stereocenters. The van der Waals surface area contributed by atoms with E-state index in [1.165, 1.54) is 13.5 Å². The van der Waals surface area contributed by atoms with Crippen molar-refractivity contribution in [3.63, 3.8) is 0 Å². The molecule has 0 aliphatic heterocycles. The van der Waals surface area contributed by atoms with Gasteiger partial charge in [-0.3, -0.25) is 4.90 Å². The molecule has 1 rings (SSSR count). The van der Waals surface area contributed by atoms with Gasteiger partial charge in [-0.25, -0.2) is 4.79 Å². The normalized spacial score (nSPS) is 26.1. The minimum atomic E-state index is -0.289. The highest BCUT2D eigenvalue weighted by molar-refractivity contribution is 5.87. The van der Waals surface area contributed by atoms with Crippen LogP contribution in [-0.2, 0) is 9.53 Å². The molecule has 0 aromatic rings. The average molecular weight is 241 g/mol. The van der Waals surface area contributed by atoms with Crippen LogP contribution >= 0.6 is 0 Å².